The number of hydrogen-bond donors (Lipinski definition) is 3. The molecule has 7 heteroatoms. The number of cyclic esters (lactones) is 1. The van der Waals surface area contributed by atoms with Gasteiger partial charge >= 0.3 is 5.97 Å². The predicted molar refractivity (Wildman–Crippen MR) is 153 cm³/mol. The molecule has 0 amide bonds. The zero-order valence-electron chi connectivity index (χ0n) is 24.9. The molecule has 0 radical (unpaired) electrons. The number of allylic oxidation sites excluding steroid dienone is 4. The zero-order chi connectivity index (χ0) is 29.3. The van der Waals surface area contributed by atoms with Crippen LogP contribution in [0, 0.1) is 17.8 Å². The van der Waals surface area contributed by atoms with Crippen LogP contribution < -0.4 is 0 Å². The third-order valence-corrected chi connectivity index (χ3v) is 8.17. The average Bonchev–Trinajstić information content (AvgIpc) is 3.58. The van der Waals surface area contributed by atoms with Crippen LogP contribution in [0.1, 0.15) is 99.3 Å². The second kappa shape index (κ2) is 15.8. The highest BCUT2D eigenvalue weighted by atomic mass is 16.6. The number of Topliss-reactive ketones (excluding diaryl/α,β-unsaturated/α-hetero) is 1. The van der Waals surface area contributed by atoms with Gasteiger partial charge in [0.1, 0.15) is 6.10 Å². The topological polar surface area (TPSA) is 117 Å². The first-order chi connectivity index (χ1) is 18.3. The van der Waals surface area contributed by atoms with Crippen molar-refractivity contribution in [3.8, 4) is 0 Å². The van der Waals surface area contributed by atoms with E-state index in [4.69, 9.17) is 9.47 Å². The number of carbonyl (C=O) groups excluding carboxylic acids is 2. The number of epoxide rings is 1. The maximum absolute atomic E-state index is 12.6. The monoisotopic (exact) mass is 548 g/mol. The number of rotatable bonds is 0. The number of fused-ring (bicyclic) bond motifs is 1. The SMILES string of the molecule is C=C1/C=C(\C)C(C)CC(O)CC(=O)C(O)C(O)C(C)CC(C)OC(=O)/C(C)=C/CCCCC2OC2CC(C)C1. The van der Waals surface area contributed by atoms with Crippen LogP contribution in [0.4, 0.5) is 0 Å². The van der Waals surface area contributed by atoms with E-state index in [1.807, 2.05) is 19.9 Å². The third kappa shape index (κ3) is 11.7. The van der Waals surface area contributed by atoms with Crippen molar-refractivity contribution in [1.82, 2.24) is 0 Å². The minimum Gasteiger partial charge on any atom is -0.459 e. The van der Waals surface area contributed by atoms with Crippen molar-refractivity contribution in [3.63, 3.8) is 0 Å². The molecule has 0 aromatic carbocycles. The Balaban J connectivity index is 2.07. The Morgan fingerprint density at radius 1 is 0.923 bits per heavy atom. The highest BCUT2D eigenvalue weighted by Gasteiger charge is 2.38. The molecule has 9 unspecified atom stereocenters. The Kier molecular flexibility index (Phi) is 13.6. The number of esters is 1. The van der Waals surface area contributed by atoms with Gasteiger partial charge in [-0.25, -0.2) is 4.79 Å². The summed E-state index contributed by atoms with van der Waals surface area (Å²) in [6.45, 7) is 15.6. The summed E-state index contributed by atoms with van der Waals surface area (Å²) in [6, 6.07) is 0. The van der Waals surface area contributed by atoms with E-state index in [-0.39, 0.29) is 12.3 Å². The lowest BCUT2D eigenvalue weighted by atomic mass is 9.88. The summed E-state index contributed by atoms with van der Waals surface area (Å²) in [7, 11) is 0. The molecule has 0 spiro atoms. The van der Waals surface area contributed by atoms with Gasteiger partial charge in [-0.05, 0) is 83.5 Å². The van der Waals surface area contributed by atoms with Gasteiger partial charge in [-0.3, -0.25) is 4.79 Å². The van der Waals surface area contributed by atoms with Crippen molar-refractivity contribution in [2.24, 2.45) is 17.8 Å². The van der Waals surface area contributed by atoms with Gasteiger partial charge < -0.3 is 24.8 Å². The average molecular weight is 549 g/mol. The first-order valence-electron chi connectivity index (χ1n) is 14.7. The first-order valence-corrected chi connectivity index (χ1v) is 14.7. The van der Waals surface area contributed by atoms with Crippen LogP contribution in [0.15, 0.2) is 35.5 Å². The molecule has 2 aliphatic rings. The summed E-state index contributed by atoms with van der Waals surface area (Å²) in [6.07, 6.45) is 6.40. The Labute approximate surface area is 235 Å². The predicted octanol–water partition coefficient (Wildman–Crippen LogP) is 5.22. The van der Waals surface area contributed by atoms with Gasteiger partial charge in [-0.1, -0.05) is 57.1 Å². The van der Waals surface area contributed by atoms with E-state index in [0.29, 0.717) is 36.5 Å². The van der Waals surface area contributed by atoms with E-state index >= 15 is 0 Å². The van der Waals surface area contributed by atoms with Gasteiger partial charge in [0, 0.05) is 12.0 Å². The third-order valence-electron chi connectivity index (χ3n) is 8.17. The molecule has 0 aromatic rings. The molecule has 2 heterocycles. The summed E-state index contributed by atoms with van der Waals surface area (Å²) in [5.74, 6) is -1.01. The lowest BCUT2D eigenvalue weighted by Gasteiger charge is -2.26. The molecule has 7 nitrogen and oxygen atoms in total. The number of ether oxygens (including phenoxy) is 2. The van der Waals surface area contributed by atoms with Crippen molar-refractivity contribution in [2.45, 2.75) is 136 Å². The standard InChI is InChI=1S/C32H52O7/c1-19-13-20(2)15-29-28(39-29)12-10-8-9-11-21(3)32(37)38-25(7)16-24(6)30(35)31(36)27(34)18-26(33)17-23(5)22(4)14-19/h11,14,20,23-26,28-31,33,35-36H,1,8-10,12-13,15-18H2,2-7H3/b21-11+,22-14+. The van der Waals surface area contributed by atoms with Crippen LogP contribution in [0.25, 0.3) is 0 Å². The van der Waals surface area contributed by atoms with E-state index in [1.54, 1.807) is 20.8 Å². The molecule has 3 N–H and O–H groups in total. The first kappa shape index (κ1) is 33.4. The van der Waals surface area contributed by atoms with Crippen molar-refractivity contribution in [2.75, 3.05) is 0 Å². The van der Waals surface area contributed by atoms with Crippen LogP contribution in [-0.2, 0) is 19.1 Å². The Hall–Kier alpha value is -1.80. The second-order valence-electron chi connectivity index (χ2n) is 12.3. The normalized spacial score (nSPS) is 40.4. The summed E-state index contributed by atoms with van der Waals surface area (Å²) < 4.78 is 11.4. The molecule has 2 rings (SSSR count). The van der Waals surface area contributed by atoms with E-state index in [2.05, 4.69) is 19.6 Å². The largest absolute Gasteiger partial charge is 0.459 e. The Morgan fingerprint density at radius 2 is 1.62 bits per heavy atom. The maximum Gasteiger partial charge on any atom is 0.333 e. The van der Waals surface area contributed by atoms with E-state index in [0.717, 1.165) is 49.7 Å². The van der Waals surface area contributed by atoms with Crippen molar-refractivity contribution < 1.29 is 34.4 Å². The second-order valence-corrected chi connectivity index (χ2v) is 12.3. The molecule has 1 fully saturated rings. The smallest absolute Gasteiger partial charge is 0.333 e. The van der Waals surface area contributed by atoms with Gasteiger partial charge in [0.05, 0.1) is 30.5 Å². The van der Waals surface area contributed by atoms with Gasteiger partial charge in [0.25, 0.3) is 0 Å². The highest BCUT2D eigenvalue weighted by Crippen LogP contribution is 2.34. The maximum atomic E-state index is 12.6. The lowest BCUT2D eigenvalue weighted by Crippen LogP contribution is -2.40. The summed E-state index contributed by atoms with van der Waals surface area (Å²) in [5.41, 5.74) is 2.68. The van der Waals surface area contributed by atoms with Crippen LogP contribution >= 0.6 is 0 Å². The van der Waals surface area contributed by atoms with Gasteiger partial charge in [-0.2, -0.15) is 0 Å². The van der Waals surface area contributed by atoms with Crippen LogP contribution in [0.5, 0.6) is 0 Å². The van der Waals surface area contributed by atoms with E-state index in [9.17, 15) is 24.9 Å². The fraction of sp³-hybridized carbons (Fsp3) is 0.750. The summed E-state index contributed by atoms with van der Waals surface area (Å²) >= 11 is 0. The molecular weight excluding hydrogens is 496 g/mol. The van der Waals surface area contributed by atoms with Crippen molar-refractivity contribution in [3.05, 3.63) is 35.5 Å². The lowest BCUT2D eigenvalue weighted by molar-refractivity contribution is -0.146. The van der Waals surface area contributed by atoms with Crippen molar-refractivity contribution >= 4 is 11.8 Å². The number of aliphatic hydroxyl groups excluding tert-OH is 3. The van der Waals surface area contributed by atoms with Gasteiger partial charge in [0.15, 0.2) is 5.78 Å². The van der Waals surface area contributed by atoms with Gasteiger partial charge in [-0.15, -0.1) is 0 Å². The number of carbonyl (C=O) groups is 2. The minimum atomic E-state index is -1.61. The molecule has 9 atom stereocenters. The quantitative estimate of drug-likeness (QED) is 0.281. The molecule has 0 bridgehead atoms. The zero-order valence-corrected chi connectivity index (χ0v) is 24.9. The van der Waals surface area contributed by atoms with Crippen LogP contribution in [0.3, 0.4) is 0 Å². The van der Waals surface area contributed by atoms with Gasteiger partial charge in [0.2, 0.25) is 0 Å². The Bertz CT molecular complexity index is 891. The fourth-order valence-electron chi connectivity index (χ4n) is 5.50. The molecular formula is C32H52O7. The van der Waals surface area contributed by atoms with E-state index in [1.165, 1.54) is 0 Å². The molecule has 0 saturated carbocycles. The molecule has 0 aromatic heterocycles. The summed E-state index contributed by atoms with van der Waals surface area (Å²) in [5, 5.41) is 31.6. The fourth-order valence-corrected chi connectivity index (χ4v) is 5.50. The summed E-state index contributed by atoms with van der Waals surface area (Å²) in [4.78, 5) is 25.1. The molecule has 222 valence electrons. The van der Waals surface area contributed by atoms with E-state index < -0.39 is 42.1 Å². The van der Waals surface area contributed by atoms with Crippen molar-refractivity contribution in [1.29, 1.82) is 0 Å². The molecule has 0 aliphatic carbocycles. The Morgan fingerprint density at radius 3 is 2.31 bits per heavy atom. The van der Waals surface area contributed by atoms with Crippen LogP contribution in [-0.4, -0.2) is 63.7 Å². The van der Waals surface area contributed by atoms with Crippen LogP contribution in [0.2, 0.25) is 0 Å². The molecule has 39 heavy (non-hydrogen) atoms. The minimum absolute atomic E-state index is 0.0311. The molecule has 2 aliphatic heterocycles. The molecule has 1 saturated heterocycles. The number of ketones is 1. The number of aliphatic hydroxyl groups is 3. The number of hydrogen-bond acceptors (Lipinski definition) is 7. The highest BCUT2D eigenvalue weighted by molar-refractivity contribution is 5.87.